The van der Waals surface area contributed by atoms with Gasteiger partial charge < -0.3 is 10.0 Å². The van der Waals surface area contributed by atoms with Crippen LogP contribution in [0.5, 0.6) is 0 Å². The SMILES string of the molecule is C[C@@H](O)c1cc(F)ccc1N(C)CC1CC1. The molecular weight excluding hydrogens is 205 g/mol. The number of anilines is 1. The highest BCUT2D eigenvalue weighted by molar-refractivity contribution is 5.54. The van der Waals surface area contributed by atoms with Crippen molar-refractivity contribution >= 4 is 5.69 Å². The number of hydrogen-bond donors (Lipinski definition) is 1. The Bertz CT molecular complexity index is 374. The molecule has 2 rings (SSSR count). The lowest BCUT2D eigenvalue weighted by Gasteiger charge is -2.23. The monoisotopic (exact) mass is 223 g/mol. The lowest BCUT2D eigenvalue weighted by atomic mass is 10.1. The average molecular weight is 223 g/mol. The molecule has 0 aliphatic heterocycles. The van der Waals surface area contributed by atoms with Gasteiger partial charge in [0, 0.05) is 24.8 Å². The Labute approximate surface area is 95.7 Å². The fourth-order valence-electron chi connectivity index (χ4n) is 1.99. The molecule has 1 fully saturated rings. The van der Waals surface area contributed by atoms with E-state index in [9.17, 15) is 9.50 Å². The van der Waals surface area contributed by atoms with Crippen LogP contribution in [0.4, 0.5) is 10.1 Å². The maximum absolute atomic E-state index is 13.1. The first-order valence-corrected chi connectivity index (χ1v) is 5.76. The van der Waals surface area contributed by atoms with E-state index in [-0.39, 0.29) is 5.82 Å². The van der Waals surface area contributed by atoms with Crippen molar-refractivity contribution in [3.63, 3.8) is 0 Å². The molecule has 1 saturated carbocycles. The van der Waals surface area contributed by atoms with E-state index in [0.717, 1.165) is 18.2 Å². The van der Waals surface area contributed by atoms with Gasteiger partial charge in [0.25, 0.3) is 0 Å². The Morgan fingerprint density at radius 2 is 2.19 bits per heavy atom. The zero-order valence-corrected chi connectivity index (χ0v) is 9.78. The van der Waals surface area contributed by atoms with Crippen LogP contribution in [-0.2, 0) is 0 Å². The van der Waals surface area contributed by atoms with Gasteiger partial charge in [-0.1, -0.05) is 0 Å². The number of hydrogen-bond acceptors (Lipinski definition) is 2. The van der Waals surface area contributed by atoms with Crippen LogP contribution in [0.1, 0.15) is 31.4 Å². The highest BCUT2D eigenvalue weighted by Crippen LogP contribution is 2.33. The maximum atomic E-state index is 13.1. The summed E-state index contributed by atoms with van der Waals surface area (Å²) >= 11 is 0. The third kappa shape index (κ3) is 2.53. The van der Waals surface area contributed by atoms with E-state index in [0.29, 0.717) is 5.56 Å². The normalized spacial score (nSPS) is 17.2. The number of benzene rings is 1. The number of nitrogens with zero attached hydrogens (tertiary/aromatic N) is 1. The van der Waals surface area contributed by atoms with E-state index in [1.165, 1.54) is 25.0 Å². The van der Waals surface area contributed by atoms with Gasteiger partial charge in [0.05, 0.1) is 6.10 Å². The summed E-state index contributed by atoms with van der Waals surface area (Å²) in [7, 11) is 2.00. The second-order valence-electron chi connectivity index (χ2n) is 4.70. The van der Waals surface area contributed by atoms with Gasteiger partial charge in [0.15, 0.2) is 0 Å². The van der Waals surface area contributed by atoms with E-state index in [4.69, 9.17) is 0 Å². The third-order valence-electron chi connectivity index (χ3n) is 3.08. The molecule has 0 aromatic heterocycles. The predicted octanol–water partition coefficient (Wildman–Crippen LogP) is 2.73. The Hall–Kier alpha value is -1.09. The van der Waals surface area contributed by atoms with E-state index in [1.54, 1.807) is 13.0 Å². The van der Waals surface area contributed by atoms with Crippen LogP contribution in [0.2, 0.25) is 0 Å². The quantitative estimate of drug-likeness (QED) is 0.848. The van der Waals surface area contributed by atoms with Crippen molar-refractivity contribution in [3.8, 4) is 0 Å². The zero-order chi connectivity index (χ0) is 11.7. The minimum Gasteiger partial charge on any atom is -0.389 e. The Morgan fingerprint density at radius 3 is 2.75 bits per heavy atom. The molecule has 0 heterocycles. The molecule has 0 bridgehead atoms. The molecule has 16 heavy (non-hydrogen) atoms. The molecular formula is C13H18FNO. The summed E-state index contributed by atoms with van der Waals surface area (Å²) in [5, 5.41) is 9.63. The molecule has 1 aromatic carbocycles. The Balaban J connectivity index is 2.23. The molecule has 1 atom stereocenters. The molecule has 0 radical (unpaired) electrons. The lowest BCUT2D eigenvalue weighted by molar-refractivity contribution is 0.199. The van der Waals surface area contributed by atoms with E-state index >= 15 is 0 Å². The van der Waals surface area contributed by atoms with Gasteiger partial charge in [-0.2, -0.15) is 0 Å². The van der Waals surface area contributed by atoms with Gasteiger partial charge in [-0.25, -0.2) is 4.39 Å². The first kappa shape index (κ1) is 11.4. The third-order valence-corrected chi connectivity index (χ3v) is 3.08. The average Bonchev–Trinajstić information content (AvgIpc) is 3.01. The first-order chi connectivity index (χ1) is 7.58. The fraction of sp³-hybridized carbons (Fsp3) is 0.538. The largest absolute Gasteiger partial charge is 0.389 e. The molecule has 1 N–H and O–H groups in total. The first-order valence-electron chi connectivity index (χ1n) is 5.76. The number of aliphatic hydroxyl groups excluding tert-OH is 1. The highest BCUT2D eigenvalue weighted by Gasteiger charge is 2.24. The predicted molar refractivity (Wildman–Crippen MR) is 63.0 cm³/mol. The van der Waals surface area contributed by atoms with E-state index < -0.39 is 6.10 Å². The van der Waals surface area contributed by atoms with Gasteiger partial charge in [-0.15, -0.1) is 0 Å². The van der Waals surface area contributed by atoms with Crippen molar-refractivity contribution < 1.29 is 9.50 Å². The minimum absolute atomic E-state index is 0.292. The second-order valence-corrected chi connectivity index (χ2v) is 4.70. The van der Waals surface area contributed by atoms with Gasteiger partial charge in [-0.05, 0) is 43.9 Å². The second kappa shape index (κ2) is 4.42. The Kier molecular flexibility index (Phi) is 3.15. The van der Waals surface area contributed by atoms with Crippen molar-refractivity contribution in [1.29, 1.82) is 0 Å². The number of aliphatic hydroxyl groups is 1. The molecule has 2 nitrogen and oxygen atoms in total. The fourth-order valence-corrected chi connectivity index (χ4v) is 1.99. The summed E-state index contributed by atoms with van der Waals surface area (Å²) in [6.45, 7) is 2.66. The smallest absolute Gasteiger partial charge is 0.123 e. The molecule has 1 aliphatic carbocycles. The molecule has 0 unspecified atom stereocenters. The van der Waals surface area contributed by atoms with Crippen LogP contribution < -0.4 is 4.90 Å². The minimum atomic E-state index is -0.632. The van der Waals surface area contributed by atoms with E-state index in [1.807, 2.05) is 7.05 Å². The standard InChI is InChI=1S/C13H18FNO/c1-9(16)12-7-11(14)5-6-13(12)15(2)8-10-3-4-10/h5-7,9-10,16H,3-4,8H2,1-2H3/t9-/m1/s1. The van der Waals surface area contributed by atoms with Gasteiger partial charge in [0.2, 0.25) is 0 Å². The van der Waals surface area contributed by atoms with Crippen LogP contribution in [0.3, 0.4) is 0 Å². The van der Waals surface area contributed by atoms with Crippen molar-refractivity contribution in [2.24, 2.45) is 5.92 Å². The molecule has 0 saturated heterocycles. The zero-order valence-electron chi connectivity index (χ0n) is 9.78. The lowest BCUT2D eigenvalue weighted by Crippen LogP contribution is -2.21. The van der Waals surface area contributed by atoms with Crippen molar-refractivity contribution in [2.75, 3.05) is 18.5 Å². The van der Waals surface area contributed by atoms with Crippen LogP contribution in [-0.4, -0.2) is 18.7 Å². The summed E-state index contributed by atoms with van der Waals surface area (Å²) < 4.78 is 13.1. The molecule has 0 spiro atoms. The van der Waals surface area contributed by atoms with Crippen LogP contribution in [0.15, 0.2) is 18.2 Å². The van der Waals surface area contributed by atoms with Crippen molar-refractivity contribution in [3.05, 3.63) is 29.6 Å². The summed E-state index contributed by atoms with van der Waals surface area (Å²) in [6.07, 6.45) is 1.94. The van der Waals surface area contributed by atoms with Crippen LogP contribution in [0, 0.1) is 11.7 Å². The van der Waals surface area contributed by atoms with Crippen molar-refractivity contribution in [2.45, 2.75) is 25.9 Å². The maximum Gasteiger partial charge on any atom is 0.123 e. The summed E-state index contributed by atoms with van der Waals surface area (Å²) in [5.41, 5.74) is 1.60. The van der Waals surface area contributed by atoms with Gasteiger partial charge >= 0.3 is 0 Å². The van der Waals surface area contributed by atoms with E-state index in [2.05, 4.69) is 4.90 Å². The van der Waals surface area contributed by atoms with Crippen LogP contribution >= 0.6 is 0 Å². The van der Waals surface area contributed by atoms with Gasteiger partial charge in [0.1, 0.15) is 5.82 Å². The topological polar surface area (TPSA) is 23.5 Å². The molecule has 1 aromatic rings. The van der Waals surface area contributed by atoms with Gasteiger partial charge in [-0.3, -0.25) is 0 Å². The molecule has 1 aliphatic rings. The number of halogens is 1. The Morgan fingerprint density at radius 1 is 1.50 bits per heavy atom. The number of rotatable bonds is 4. The van der Waals surface area contributed by atoms with Crippen molar-refractivity contribution in [1.82, 2.24) is 0 Å². The molecule has 0 amide bonds. The summed E-state index contributed by atoms with van der Waals surface area (Å²) in [6, 6.07) is 4.62. The van der Waals surface area contributed by atoms with Crippen LogP contribution in [0.25, 0.3) is 0 Å². The molecule has 88 valence electrons. The summed E-state index contributed by atoms with van der Waals surface area (Å²) in [5.74, 6) is 0.483. The molecule has 3 heteroatoms. The summed E-state index contributed by atoms with van der Waals surface area (Å²) in [4.78, 5) is 2.11. The highest BCUT2D eigenvalue weighted by atomic mass is 19.1.